The SMILES string of the molecule is C[Se+](C[C@H](N)C(=O)O)[Se]C[C@H](N)C(=O)O. The van der Waals surface area contributed by atoms with Gasteiger partial charge in [-0.25, -0.2) is 0 Å². The van der Waals surface area contributed by atoms with Crippen molar-refractivity contribution in [2.75, 3.05) is 0 Å². The second-order valence-corrected chi connectivity index (χ2v) is 16.0. The molecule has 8 heteroatoms. The number of carboxylic acids is 2. The zero-order valence-corrected chi connectivity index (χ0v) is 11.7. The number of hydrogen-bond acceptors (Lipinski definition) is 4. The van der Waals surface area contributed by atoms with Gasteiger partial charge in [0.2, 0.25) is 0 Å². The normalized spacial score (nSPS) is 16.7. The molecular formula is C7H15N2O4Se2+. The van der Waals surface area contributed by atoms with E-state index in [-0.39, 0.29) is 13.1 Å². The number of hydrogen-bond donors (Lipinski definition) is 4. The van der Waals surface area contributed by atoms with Crippen LogP contribution >= 0.6 is 0 Å². The molecule has 0 saturated heterocycles. The van der Waals surface area contributed by atoms with Crippen LogP contribution in [0.15, 0.2) is 0 Å². The summed E-state index contributed by atoms with van der Waals surface area (Å²) in [6.07, 6.45) is 0. The molecule has 0 aliphatic rings. The Bertz CT molecular complexity index is 239. The first-order chi connectivity index (χ1) is 6.84. The van der Waals surface area contributed by atoms with E-state index in [0.29, 0.717) is 10.6 Å². The van der Waals surface area contributed by atoms with Crippen LogP contribution in [0, 0.1) is 0 Å². The van der Waals surface area contributed by atoms with Gasteiger partial charge in [0, 0.05) is 0 Å². The number of carboxylic acid groups (broad SMARTS) is 2. The molecule has 0 bridgehead atoms. The minimum atomic E-state index is -1.07. The summed E-state index contributed by atoms with van der Waals surface area (Å²) in [5, 5.41) is 18.1. The third-order valence-corrected chi connectivity index (χ3v) is 12.5. The molecular weight excluding hydrogens is 334 g/mol. The van der Waals surface area contributed by atoms with Crippen LogP contribution in [-0.4, -0.2) is 59.4 Å². The minimum absolute atomic E-state index is 0.130. The van der Waals surface area contributed by atoms with Gasteiger partial charge >= 0.3 is 97.0 Å². The van der Waals surface area contributed by atoms with Gasteiger partial charge in [-0.15, -0.1) is 0 Å². The van der Waals surface area contributed by atoms with Crippen molar-refractivity contribution in [2.45, 2.75) is 28.5 Å². The van der Waals surface area contributed by atoms with Crippen molar-refractivity contribution in [1.29, 1.82) is 0 Å². The Kier molecular flexibility index (Phi) is 7.17. The van der Waals surface area contributed by atoms with E-state index in [4.69, 9.17) is 21.7 Å². The predicted octanol–water partition coefficient (Wildman–Crippen LogP) is -1.45. The van der Waals surface area contributed by atoms with Gasteiger partial charge in [0.1, 0.15) is 0 Å². The summed E-state index contributed by atoms with van der Waals surface area (Å²) < 4.78 is 0. The maximum atomic E-state index is 10.5. The van der Waals surface area contributed by atoms with Crippen LogP contribution in [0.4, 0.5) is 0 Å². The fourth-order valence-corrected chi connectivity index (χ4v) is 10.1. The summed E-state index contributed by atoms with van der Waals surface area (Å²) in [7, 11) is 0. The van der Waals surface area contributed by atoms with Gasteiger partial charge in [0.05, 0.1) is 0 Å². The Morgan fingerprint density at radius 3 is 2.13 bits per heavy atom. The number of carbonyl (C=O) groups is 2. The van der Waals surface area contributed by atoms with Crippen molar-refractivity contribution in [1.82, 2.24) is 0 Å². The molecule has 0 fully saturated rings. The van der Waals surface area contributed by atoms with E-state index in [9.17, 15) is 9.59 Å². The van der Waals surface area contributed by atoms with Gasteiger partial charge in [0.25, 0.3) is 0 Å². The van der Waals surface area contributed by atoms with E-state index in [2.05, 4.69) is 0 Å². The van der Waals surface area contributed by atoms with Crippen LogP contribution in [0.3, 0.4) is 0 Å². The van der Waals surface area contributed by atoms with Crippen LogP contribution in [0.2, 0.25) is 16.5 Å². The molecule has 0 amide bonds. The second-order valence-electron chi connectivity index (χ2n) is 2.91. The second kappa shape index (κ2) is 7.22. The standard InChI is InChI=1S/C7H14N2O4Se2/c1-15(3-5(9)7(12)13)14-2-4(8)6(10)11/h4-5H,2-3,8-9H2,1H3,(H-,10,11,12,13)/p+1/t4-,5-,15?/m0/s1. The fraction of sp³-hybridized carbons (Fsp3) is 0.714. The van der Waals surface area contributed by atoms with Gasteiger partial charge in [0.15, 0.2) is 0 Å². The summed E-state index contributed by atoms with van der Waals surface area (Å²) in [4.78, 5) is 20.9. The monoisotopic (exact) mass is 351 g/mol. The molecule has 15 heavy (non-hydrogen) atoms. The molecule has 88 valence electrons. The van der Waals surface area contributed by atoms with Crippen molar-refractivity contribution in [3.8, 4) is 0 Å². The Morgan fingerprint density at radius 2 is 1.73 bits per heavy atom. The van der Waals surface area contributed by atoms with Gasteiger partial charge in [-0.3, -0.25) is 0 Å². The molecule has 0 aliphatic carbocycles. The molecule has 0 aromatic rings. The predicted molar refractivity (Wildman–Crippen MR) is 58.2 cm³/mol. The van der Waals surface area contributed by atoms with Crippen LogP contribution in [0.5, 0.6) is 0 Å². The molecule has 0 saturated carbocycles. The van der Waals surface area contributed by atoms with Gasteiger partial charge in [-0.1, -0.05) is 0 Å². The summed E-state index contributed by atoms with van der Waals surface area (Å²) in [5.74, 6) is -0.0145. The van der Waals surface area contributed by atoms with E-state index in [1.165, 1.54) is 0 Å². The Morgan fingerprint density at radius 1 is 1.27 bits per heavy atom. The number of nitrogens with two attached hydrogens (primary N) is 2. The first-order valence-electron chi connectivity index (χ1n) is 4.07. The molecule has 3 atom stereocenters. The molecule has 1 unspecified atom stereocenters. The third kappa shape index (κ3) is 6.89. The van der Waals surface area contributed by atoms with Crippen molar-refractivity contribution >= 4 is 37.1 Å². The van der Waals surface area contributed by atoms with Crippen molar-refractivity contribution < 1.29 is 19.8 Å². The van der Waals surface area contributed by atoms with Crippen molar-refractivity contribution in [3.63, 3.8) is 0 Å². The average Bonchev–Trinajstić information content (AvgIpc) is 2.13. The average molecular weight is 349 g/mol. The van der Waals surface area contributed by atoms with E-state index < -0.39 is 36.1 Å². The molecule has 0 aromatic carbocycles. The molecule has 6 nitrogen and oxygen atoms in total. The number of rotatable bonds is 7. The van der Waals surface area contributed by atoms with Crippen molar-refractivity contribution in [3.05, 3.63) is 0 Å². The summed E-state index contributed by atoms with van der Waals surface area (Å²) >= 11 is -0.938. The van der Waals surface area contributed by atoms with Crippen LogP contribution < -0.4 is 11.5 Å². The van der Waals surface area contributed by atoms with Crippen LogP contribution in [-0.2, 0) is 9.59 Å². The Labute approximate surface area is 97.0 Å². The quantitative estimate of drug-likeness (QED) is 0.417. The number of aliphatic carboxylic acids is 2. The molecule has 0 radical (unpaired) electrons. The van der Waals surface area contributed by atoms with Crippen LogP contribution in [0.25, 0.3) is 0 Å². The zero-order chi connectivity index (χ0) is 12.0. The van der Waals surface area contributed by atoms with Gasteiger partial charge < -0.3 is 0 Å². The first kappa shape index (κ1) is 14.9. The van der Waals surface area contributed by atoms with E-state index in [0.717, 1.165) is 0 Å². The summed E-state index contributed by atoms with van der Waals surface area (Å²) in [6, 6.07) is -1.64. The van der Waals surface area contributed by atoms with Gasteiger partial charge in [-0.2, -0.15) is 0 Å². The van der Waals surface area contributed by atoms with E-state index in [1.54, 1.807) is 0 Å². The zero-order valence-electron chi connectivity index (χ0n) is 8.25. The van der Waals surface area contributed by atoms with E-state index in [1.807, 2.05) is 5.82 Å². The molecule has 0 aliphatic heterocycles. The van der Waals surface area contributed by atoms with E-state index >= 15 is 0 Å². The maximum absolute atomic E-state index is 10.5. The first-order valence-corrected chi connectivity index (χ1v) is 12.5. The fourth-order valence-electron chi connectivity index (χ4n) is 0.633. The Balaban J connectivity index is 3.79. The van der Waals surface area contributed by atoms with Crippen LogP contribution in [0.1, 0.15) is 0 Å². The molecule has 0 heterocycles. The molecule has 0 rings (SSSR count). The third-order valence-electron chi connectivity index (χ3n) is 1.50. The topological polar surface area (TPSA) is 127 Å². The summed E-state index contributed by atoms with van der Waals surface area (Å²) in [5.41, 5.74) is 10.7. The molecule has 0 spiro atoms. The molecule has 6 N–H and O–H groups in total. The van der Waals surface area contributed by atoms with Crippen molar-refractivity contribution in [2.24, 2.45) is 11.5 Å². The van der Waals surface area contributed by atoms with Gasteiger partial charge in [-0.05, 0) is 0 Å². The Hall–Kier alpha value is -0.101. The molecule has 0 aromatic heterocycles. The summed E-state index contributed by atoms with van der Waals surface area (Å²) in [6.45, 7) is 0.